The zero-order valence-corrected chi connectivity index (χ0v) is 37.4. The quantitative estimate of drug-likeness (QED) is 0.125. The number of rotatable bonds is 13. The number of sulfonamides is 1. The number of carbonyl (C=O) groups is 5. The number of esters is 1. The highest BCUT2D eigenvalue weighted by Crippen LogP contribution is 2.49. The molecule has 2 N–H and O–H groups in total. The van der Waals surface area contributed by atoms with E-state index in [0.29, 0.717) is 37.1 Å². The van der Waals surface area contributed by atoms with Gasteiger partial charge in [-0.25, -0.2) is 13.2 Å². The molecule has 61 heavy (non-hydrogen) atoms. The number of allylic oxidation sites excluding steroid dienone is 3. The summed E-state index contributed by atoms with van der Waals surface area (Å²) in [7, 11) is 1.71. The van der Waals surface area contributed by atoms with Gasteiger partial charge in [0.25, 0.3) is 11.8 Å². The molecule has 0 aromatic heterocycles. The molecular weight excluding hydrogens is 836 g/mol. The lowest BCUT2D eigenvalue weighted by molar-refractivity contribution is -0.157. The van der Waals surface area contributed by atoms with E-state index in [2.05, 4.69) is 5.32 Å². The van der Waals surface area contributed by atoms with Gasteiger partial charge in [-0.2, -0.15) is 4.31 Å². The molecule has 17 nitrogen and oxygen atoms in total. The molecule has 2 saturated heterocycles. The van der Waals surface area contributed by atoms with Gasteiger partial charge in [-0.3, -0.25) is 29.4 Å². The maximum absolute atomic E-state index is 14.2. The lowest BCUT2D eigenvalue weighted by Gasteiger charge is -2.42. The van der Waals surface area contributed by atoms with Gasteiger partial charge in [0.05, 0.1) is 31.1 Å². The molecule has 4 heterocycles. The average molecular weight is 893 g/mol. The Hall–Kier alpha value is -4.33. The van der Waals surface area contributed by atoms with Gasteiger partial charge in [0.2, 0.25) is 15.9 Å². The number of nitrogens with zero attached hydrogens (tertiary/aromatic N) is 3. The van der Waals surface area contributed by atoms with Crippen molar-refractivity contribution in [3.8, 4) is 5.75 Å². The van der Waals surface area contributed by atoms with Crippen LogP contribution in [0, 0.1) is 5.92 Å². The SMILES string of the molecule is COc1cc2cc(c1Cl)N(C)C(=O)C[C@H](OC(=O)[C@H](C)N(C)S(=O)(=O)CCCCCCN1C(=O)C=CC1=O)[C@]1(C)O[C@H]1C(C)[C@@H]1C[C@@](O)(NC(=O)O1)[C@H](OC)/C=C/C=C(\C)C2. The number of likely N-dealkylation sites (N-methyl/N-ethyl adjacent to an activating group) is 1. The third-order valence-electron chi connectivity index (χ3n) is 12.0. The van der Waals surface area contributed by atoms with Crippen molar-refractivity contribution in [3.63, 3.8) is 0 Å². The molecule has 4 aliphatic heterocycles. The van der Waals surface area contributed by atoms with E-state index in [4.69, 9.17) is 35.3 Å². The van der Waals surface area contributed by atoms with Crippen LogP contribution in [0.3, 0.4) is 0 Å². The zero-order chi connectivity index (χ0) is 45.0. The van der Waals surface area contributed by atoms with Crippen LogP contribution in [0.5, 0.6) is 5.75 Å². The number of ether oxygens (including phenoxy) is 5. The van der Waals surface area contributed by atoms with Crippen molar-refractivity contribution in [2.45, 2.75) is 114 Å². The Morgan fingerprint density at radius 1 is 1.11 bits per heavy atom. The van der Waals surface area contributed by atoms with E-state index in [9.17, 15) is 37.5 Å². The van der Waals surface area contributed by atoms with Gasteiger partial charge in [-0.1, -0.05) is 55.2 Å². The fraction of sp³-hybridized carbons (Fsp3) is 0.595. The first-order valence-corrected chi connectivity index (χ1v) is 22.2. The Labute approximate surface area is 362 Å². The van der Waals surface area contributed by atoms with Crippen molar-refractivity contribution in [2.24, 2.45) is 5.92 Å². The van der Waals surface area contributed by atoms with Gasteiger partial charge in [0.1, 0.15) is 40.7 Å². The van der Waals surface area contributed by atoms with Crippen LogP contribution in [0.4, 0.5) is 10.5 Å². The summed E-state index contributed by atoms with van der Waals surface area (Å²) in [4.78, 5) is 67.1. The molecule has 0 radical (unpaired) electrons. The van der Waals surface area contributed by atoms with Gasteiger partial charge in [0.15, 0.2) is 5.72 Å². The highest BCUT2D eigenvalue weighted by molar-refractivity contribution is 7.89. The first kappa shape index (κ1) is 47.7. The number of hydrogen-bond acceptors (Lipinski definition) is 13. The Morgan fingerprint density at radius 2 is 1.79 bits per heavy atom. The van der Waals surface area contributed by atoms with Gasteiger partial charge in [-0.15, -0.1) is 0 Å². The van der Waals surface area contributed by atoms with Crippen LogP contribution in [0.25, 0.3) is 0 Å². The Balaban J connectivity index is 1.38. The van der Waals surface area contributed by atoms with Gasteiger partial charge >= 0.3 is 12.1 Å². The van der Waals surface area contributed by atoms with Crippen molar-refractivity contribution in [3.05, 3.63) is 58.7 Å². The molecular formula is C42H57ClN4O13S. The molecule has 19 heteroatoms. The number of hydrogen-bond donors (Lipinski definition) is 2. The second-order valence-electron chi connectivity index (χ2n) is 16.3. The van der Waals surface area contributed by atoms with Crippen LogP contribution in [0.1, 0.15) is 71.8 Å². The number of benzene rings is 1. The maximum Gasteiger partial charge on any atom is 0.409 e. The molecule has 1 aromatic carbocycles. The number of imide groups is 1. The number of alkyl carbamates (subject to hydrolysis) is 1. The molecule has 336 valence electrons. The van der Waals surface area contributed by atoms with E-state index in [1.54, 1.807) is 38.1 Å². The molecule has 4 aliphatic rings. The third kappa shape index (κ3) is 10.8. The first-order chi connectivity index (χ1) is 28.6. The predicted octanol–water partition coefficient (Wildman–Crippen LogP) is 3.80. The molecule has 4 bridgehead atoms. The Morgan fingerprint density at radius 3 is 2.44 bits per heavy atom. The Bertz CT molecular complexity index is 2060. The summed E-state index contributed by atoms with van der Waals surface area (Å²) in [6, 6.07) is 2.21. The topological polar surface area (TPSA) is 211 Å². The second kappa shape index (κ2) is 19.4. The standard InChI is InChI=1S/C42H57ClN4O13S/c1-25-14-13-15-32(57-8)42(53)24-31(58-40(52)44-42)26(2)38-41(4,60-38)33(23-36(50)45(5)29-21-28(20-25)22-30(56-7)37(29)43)59-39(51)27(3)46(6)61(54,55)19-12-10-9-11-18-47-34(48)16-17-35(47)49/h13-17,21-22,26-27,31-33,38,53H,9-12,18-20,23-24H2,1-8H3,(H,44,52)/b15-13+,25-14+/t26?,27-,31-,32+,33-,38-,41-,42-/m0/s1. The number of epoxide rings is 1. The summed E-state index contributed by atoms with van der Waals surface area (Å²) in [6.07, 6.45) is 4.57. The van der Waals surface area contributed by atoms with Crippen LogP contribution >= 0.6 is 11.6 Å². The number of aliphatic hydroxyl groups is 1. The van der Waals surface area contributed by atoms with E-state index in [0.717, 1.165) is 20.3 Å². The van der Waals surface area contributed by atoms with Crippen molar-refractivity contribution in [1.29, 1.82) is 0 Å². The van der Waals surface area contributed by atoms with Gasteiger partial charge in [-0.05, 0) is 57.7 Å². The fourth-order valence-corrected chi connectivity index (χ4v) is 9.67. The number of methoxy groups -OCH3 is 2. The zero-order valence-electron chi connectivity index (χ0n) is 35.8. The molecule has 1 aromatic rings. The Kier molecular flexibility index (Phi) is 15.2. The molecule has 1 unspecified atom stereocenters. The van der Waals surface area contributed by atoms with Crippen molar-refractivity contribution < 1.29 is 61.2 Å². The number of anilines is 1. The predicted molar refractivity (Wildman–Crippen MR) is 224 cm³/mol. The lowest BCUT2D eigenvalue weighted by atomic mass is 9.83. The first-order valence-electron chi connectivity index (χ1n) is 20.2. The second-order valence-corrected chi connectivity index (χ2v) is 18.8. The number of halogens is 1. The van der Waals surface area contributed by atoms with Crippen LogP contribution < -0.4 is 15.0 Å². The molecule has 2 fully saturated rings. The van der Waals surface area contributed by atoms with E-state index in [1.807, 2.05) is 13.0 Å². The average Bonchev–Trinajstić information content (AvgIpc) is 3.80. The highest BCUT2D eigenvalue weighted by Gasteiger charge is 2.64. The summed E-state index contributed by atoms with van der Waals surface area (Å²) in [6.45, 7) is 6.93. The normalized spacial score (nSPS) is 30.3. The van der Waals surface area contributed by atoms with Crippen LogP contribution in [0.15, 0.2) is 48.1 Å². The minimum Gasteiger partial charge on any atom is -0.495 e. The highest BCUT2D eigenvalue weighted by atomic mass is 35.5. The van der Waals surface area contributed by atoms with Crippen LogP contribution in [-0.2, 0) is 54.6 Å². The lowest BCUT2D eigenvalue weighted by Crippen LogP contribution is -2.63. The minimum absolute atomic E-state index is 0.105. The molecule has 5 rings (SSSR count). The van der Waals surface area contributed by atoms with Crippen molar-refractivity contribution in [2.75, 3.05) is 45.5 Å². The van der Waals surface area contributed by atoms with E-state index in [-0.39, 0.29) is 42.0 Å². The molecule has 0 aliphatic carbocycles. The summed E-state index contributed by atoms with van der Waals surface area (Å²) in [5.74, 6) is -2.73. The smallest absolute Gasteiger partial charge is 0.409 e. The van der Waals surface area contributed by atoms with Crippen molar-refractivity contribution in [1.82, 2.24) is 14.5 Å². The molecule has 0 saturated carbocycles. The van der Waals surface area contributed by atoms with Crippen molar-refractivity contribution >= 4 is 57.1 Å². The summed E-state index contributed by atoms with van der Waals surface area (Å²) in [5.41, 5.74) is -1.22. The largest absolute Gasteiger partial charge is 0.495 e. The number of carbonyl (C=O) groups excluding carboxylic acids is 5. The van der Waals surface area contributed by atoms with E-state index < -0.39 is 82.1 Å². The fourth-order valence-electron chi connectivity index (χ4n) is 7.94. The molecule has 8 atom stereocenters. The van der Waals surface area contributed by atoms with Crippen LogP contribution in [0.2, 0.25) is 5.02 Å². The van der Waals surface area contributed by atoms with Crippen LogP contribution in [-0.4, -0.2) is 135 Å². The molecule has 4 amide bonds. The van der Waals surface area contributed by atoms with E-state index in [1.165, 1.54) is 52.3 Å². The number of unbranched alkanes of at least 4 members (excludes halogenated alkanes) is 3. The number of amides is 4. The molecule has 0 spiro atoms. The van der Waals surface area contributed by atoms with E-state index >= 15 is 0 Å². The van der Waals surface area contributed by atoms with Gasteiger partial charge in [0, 0.05) is 52.2 Å². The summed E-state index contributed by atoms with van der Waals surface area (Å²) >= 11 is 6.77. The summed E-state index contributed by atoms with van der Waals surface area (Å²) in [5, 5.41) is 14.4. The monoisotopic (exact) mass is 892 g/mol. The third-order valence-corrected chi connectivity index (χ3v) is 14.3. The minimum atomic E-state index is -3.97. The summed E-state index contributed by atoms with van der Waals surface area (Å²) < 4.78 is 56.9. The number of fused-ring (bicyclic) bond motifs is 5. The maximum atomic E-state index is 14.2. The van der Waals surface area contributed by atoms with Gasteiger partial charge < -0.3 is 33.7 Å². The number of nitrogens with one attached hydrogen (secondary N) is 1.